The lowest BCUT2D eigenvalue weighted by molar-refractivity contribution is -0.121. The van der Waals surface area contributed by atoms with Crippen LogP contribution in [0.15, 0.2) is 35.7 Å². The van der Waals surface area contributed by atoms with E-state index in [1.165, 1.54) is 11.3 Å². The maximum absolute atomic E-state index is 11.9. The first-order chi connectivity index (χ1) is 11.1. The Morgan fingerprint density at radius 2 is 1.96 bits per heavy atom. The van der Waals surface area contributed by atoms with E-state index in [1.807, 2.05) is 17.5 Å². The molecule has 0 saturated heterocycles. The van der Waals surface area contributed by atoms with E-state index < -0.39 is 0 Å². The van der Waals surface area contributed by atoms with E-state index in [4.69, 9.17) is 9.47 Å². The molecule has 1 heterocycles. The molecule has 5 nitrogen and oxygen atoms in total. The Labute approximate surface area is 139 Å². The maximum atomic E-state index is 11.9. The molecule has 0 aliphatic carbocycles. The molecule has 0 spiro atoms. The fourth-order valence-electron chi connectivity index (χ4n) is 2.09. The second kappa shape index (κ2) is 8.33. The van der Waals surface area contributed by atoms with Crippen molar-refractivity contribution in [2.24, 2.45) is 0 Å². The summed E-state index contributed by atoms with van der Waals surface area (Å²) in [4.78, 5) is 24.5. The van der Waals surface area contributed by atoms with Crippen molar-refractivity contribution in [3.05, 3.63) is 46.2 Å². The Bertz CT molecular complexity index is 667. The molecule has 0 atom stereocenters. The van der Waals surface area contributed by atoms with Gasteiger partial charge >= 0.3 is 0 Å². The van der Waals surface area contributed by atoms with E-state index in [2.05, 4.69) is 5.32 Å². The van der Waals surface area contributed by atoms with Crippen molar-refractivity contribution in [1.29, 1.82) is 0 Å². The quantitative estimate of drug-likeness (QED) is 0.754. The molecular formula is C17H19NO4S. The fraction of sp³-hybridized carbons (Fsp3) is 0.294. The second-order valence-corrected chi connectivity index (χ2v) is 5.80. The zero-order chi connectivity index (χ0) is 16.7. The lowest BCUT2D eigenvalue weighted by atomic mass is 10.1. The van der Waals surface area contributed by atoms with Crippen LogP contribution in [0, 0.1) is 0 Å². The van der Waals surface area contributed by atoms with Gasteiger partial charge in [-0.05, 0) is 29.6 Å². The number of hydrogen-bond acceptors (Lipinski definition) is 5. The van der Waals surface area contributed by atoms with Crippen LogP contribution in [0.25, 0.3) is 0 Å². The first kappa shape index (κ1) is 17.0. The summed E-state index contributed by atoms with van der Waals surface area (Å²) in [6.07, 6.45) is 0.380. The molecule has 0 aliphatic rings. The number of carbonyl (C=O) groups excluding carboxylic acids is 2. The zero-order valence-corrected chi connectivity index (χ0v) is 13.9. The highest BCUT2D eigenvalue weighted by Gasteiger charge is 2.11. The number of carbonyl (C=O) groups is 2. The Balaban J connectivity index is 1.85. The molecule has 1 N–H and O–H groups in total. The minimum Gasteiger partial charge on any atom is -0.497 e. The molecule has 1 aromatic heterocycles. The van der Waals surface area contributed by atoms with Crippen LogP contribution in [-0.4, -0.2) is 25.9 Å². The molecule has 6 heteroatoms. The Kier molecular flexibility index (Phi) is 6.17. The number of Topliss-reactive ketones (excluding diaryl/α,β-unsaturated/α-hetero) is 1. The van der Waals surface area contributed by atoms with E-state index in [9.17, 15) is 9.59 Å². The predicted octanol–water partition coefficient (Wildman–Crippen LogP) is 3.04. The molecule has 2 rings (SSSR count). The van der Waals surface area contributed by atoms with Gasteiger partial charge in [0.2, 0.25) is 5.91 Å². The normalized spacial score (nSPS) is 10.2. The molecule has 0 saturated carbocycles. The SMILES string of the molecule is COc1ccc(OC)c(CNC(=O)CCC(=O)c2cccs2)c1. The monoisotopic (exact) mass is 333 g/mol. The molecular weight excluding hydrogens is 314 g/mol. The van der Waals surface area contributed by atoms with E-state index in [-0.39, 0.29) is 24.5 Å². The van der Waals surface area contributed by atoms with Gasteiger partial charge in [0.25, 0.3) is 0 Å². The number of ether oxygens (including phenoxy) is 2. The van der Waals surface area contributed by atoms with Crippen LogP contribution in [0.2, 0.25) is 0 Å². The largest absolute Gasteiger partial charge is 0.497 e. The van der Waals surface area contributed by atoms with Crippen LogP contribution in [0.3, 0.4) is 0 Å². The molecule has 2 aromatic rings. The maximum Gasteiger partial charge on any atom is 0.220 e. The standard InChI is InChI=1S/C17H19NO4S/c1-21-13-5-7-15(22-2)12(10-13)11-18-17(20)8-6-14(19)16-4-3-9-23-16/h3-5,7,9-10H,6,8,11H2,1-2H3,(H,18,20). The molecule has 0 unspecified atom stereocenters. The Morgan fingerprint density at radius 3 is 2.61 bits per heavy atom. The summed E-state index contributed by atoms with van der Waals surface area (Å²) in [5, 5.41) is 4.65. The number of amides is 1. The molecule has 23 heavy (non-hydrogen) atoms. The van der Waals surface area contributed by atoms with Crippen molar-refractivity contribution < 1.29 is 19.1 Å². The highest BCUT2D eigenvalue weighted by atomic mass is 32.1. The molecule has 0 fully saturated rings. The Hall–Kier alpha value is -2.34. The van der Waals surface area contributed by atoms with Crippen molar-refractivity contribution >= 4 is 23.0 Å². The third-order valence-corrected chi connectivity index (χ3v) is 4.25. The zero-order valence-electron chi connectivity index (χ0n) is 13.1. The highest BCUT2D eigenvalue weighted by Crippen LogP contribution is 2.23. The van der Waals surface area contributed by atoms with Crippen LogP contribution < -0.4 is 14.8 Å². The van der Waals surface area contributed by atoms with Crippen LogP contribution >= 0.6 is 11.3 Å². The number of ketones is 1. The Morgan fingerprint density at radius 1 is 1.13 bits per heavy atom. The van der Waals surface area contributed by atoms with Crippen LogP contribution in [-0.2, 0) is 11.3 Å². The van der Waals surface area contributed by atoms with Gasteiger partial charge in [0.05, 0.1) is 19.1 Å². The summed E-state index contributed by atoms with van der Waals surface area (Å²) in [7, 11) is 3.16. The first-order valence-electron chi connectivity index (χ1n) is 7.18. The number of thiophene rings is 1. The van der Waals surface area contributed by atoms with Crippen LogP contribution in [0.5, 0.6) is 11.5 Å². The second-order valence-electron chi connectivity index (χ2n) is 4.85. The predicted molar refractivity (Wildman–Crippen MR) is 89.3 cm³/mol. The van der Waals surface area contributed by atoms with Crippen molar-refractivity contribution in [3.8, 4) is 11.5 Å². The molecule has 0 aliphatic heterocycles. The van der Waals surface area contributed by atoms with Gasteiger partial charge in [0.1, 0.15) is 11.5 Å². The van der Waals surface area contributed by atoms with Crippen LogP contribution in [0.1, 0.15) is 28.1 Å². The number of rotatable bonds is 8. The number of methoxy groups -OCH3 is 2. The van der Waals surface area contributed by atoms with Gasteiger partial charge in [-0.1, -0.05) is 6.07 Å². The van der Waals surface area contributed by atoms with E-state index in [0.717, 1.165) is 5.56 Å². The molecule has 0 bridgehead atoms. The third kappa shape index (κ3) is 4.82. The number of benzene rings is 1. The van der Waals surface area contributed by atoms with Crippen molar-refractivity contribution in [2.45, 2.75) is 19.4 Å². The summed E-state index contributed by atoms with van der Waals surface area (Å²) in [6.45, 7) is 0.326. The van der Waals surface area contributed by atoms with Crippen molar-refractivity contribution in [2.75, 3.05) is 14.2 Å². The van der Waals surface area contributed by atoms with Crippen molar-refractivity contribution in [3.63, 3.8) is 0 Å². The lowest BCUT2D eigenvalue weighted by Crippen LogP contribution is -2.23. The molecule has 1 aromatic carbocycles. The van der Waals surface area contributed by atoms with E-state index >= 15 is 0 Å². The molecule has 1 amide bonds. The minimum absolute atomic E-state index is 0.00545. The average molecular weight is 333 g/mol. The van der Waals surface area contributed by atoms with Gasteiger partial charge in [-0.25, -0.2) is 0 Å². The van der Waals surface area contributed by atoms with Crippen molar-refractivity contribution in [1.82, 2.24) is 5.32 Å². The van der Waals surface area contributed by atoms with Gasteiger partial charge in [0, 0.05) is 24.9 Å². The summed E-state index contributed by atoms with van der Waals surface area (Å²) in [5.41, 5.74) is 0.824. The van der Waals surface area contributed by atoms with Gasteiger partial charge in [-0.3, -0.25) is 9.59 Å². The van der Waals surface area contributed by atoms with E-state index in [0.29, 0.717) is 22.9 Å². The van der Waals surface area contributed by atoms with Gasteiger partial charge in [-0.15, -0.1) is 11.3 Å². The molecule has 122 valence electrons. The highest BCUT2D eigenvalue weighted by molar-refractivity contribution is 7.12. The first-order valence-corrected chi connectivity index (χ1v) is 8.06. The summed E-state index contributed by atoms with van der Waals surface area (Å²) < 4.78 is 10.4. The topological polar surface area (TPSA) is 64.6 Å². The smallest absolute Gasteiger partial charge is 0.220 e. The number of nitrogens with one attached hydrogen (secondary N) is 1. The average Bonchev–Trinajstić information content (AvgIpc) is 3.12. The summed E-state index contributed by atoms with van der Waals surface area (Å²) in [5.74, 6) is 1.21. The summed E-state index contributed by atoms with van der Waals surface area (Å²) in [6, 6.07) is 9.00. The molecule has 0 radical (unpaired) electrons. The van der Waals surface area contributed by atoms with E-state index in [1.54, 1.807) is 32.4 Å². The summed E-state index contributed by atoms with van der Waals surface area (Å²) >= 11 is 1.39. The third-order valence-electron chi connectivity index (χ3n) is 3.34. The number of hydrogen-bond donors (Lipinski definition) is 1. The minimum atomic E-state index is -0.167. The fourth-order valence-corrected chi connectivity index (χ4v) is 2.78. The van der Waals surface area contributed by atoms with Gasteiger partial charge in [-0.2, -0.15) is 0 Å². The van der Waals surface area contributed by atoms with Crippen LogP contribution in [0.4, 0.5) is 0 Å². The van der Waals surface area contributed by atoms with Gasteiger partial charge < -0.3 is 14.8 Å². The van der Waals surface area contributed by atoms with Gasteiger partial charge in [0.15, 0.2) is 5.78 Å². The lowest BCUT2D eigenvalue weighted by Gasteiger charge is -2.11.